The molecule has 3 N–H and O–H groups in total. The highest BCUT2D eigenvalue weighted by molar-refractivity contribution is 14.0. The Morgan fingerprint density at radius 3 is 2.46 bits per heavy atom. The van der Waals surface area contributed by atoms with Gasteiger partial charge in [0, 0.05) is 45.8 Å². The first-order valence-corrected chi connectivity index (χ1v) is 10.4. The number of carbonyl (C=O) groups is 2. The van der Waals surface area contributed by atoms with E-state index in [1.54, 1.807) is 7.05 Å². The van der Waals surface area contributed by atoms with Gasteiger partial charge < -0.3 is 20.9 Å². The lowest BCUT2D eigenvalue weighted by molar-refractivity contribution is -0.124. The Kier molecular flexibility index (Phi) is 9.76. The molecule has 3 fully saturated rings. The summed E-state index contributed by atoms with van der Waals surface area (Å²) in [7, 11) is 1.75. The van der Waals surface area contributed by atoms with Gasteiger partial charge in [-0.25, -0.2) is 4.79 Å². The average Bonchev–Trinajstić information content (AvgIpc) is 3.01. The summed E-state index contributed by atoms with van der Waals surface area (Å²) in [5.74, 6) is 1.48. The molecule has 9 heteroatoms. The molecule has 0 unspecified atom stereocenters. The van der Waals surface area contributed by atoms with Crippen LogP contribution in [0.15, 0.2) is 4.99 Å². The Bertz CT molecular complexity index is 529. The van der Waals surface area contributed by atoms with Crippen molar-refractivity contribution in [2.75, 3.05) is 46.3 Å². The Balaban J connectivity index is 0.00000280. The number of halogens is 1. The number of carbonyl (C=O) groups excluding carboxylic acids is 2. The van der Waals surface area contributed by atoms with E-state index in [4.69, 9.17) is 0 Å². The van der Waals surface area contributed by atoms with Gasteiger partial charge in [0.25, 0.3) is 0 Å². The molecule has 1 saturated carbocycles. The molecule has 3 rings (SSSR count). The molecule has 0 aromatic rings. The molecule has 3 aliphatic rings. The molecule has 8 nitrogen and oxygen atoms in total. The number of nitrogens with zero attached hydrogens (tertiary/aromatic N) is 3. The summed E-state index contributed by atoms with van der Waals surface area (Å²) >= 11 is 0. The van der Waals surface area contributed by atoms with Crippen LogP contribution in [0.2, 0.25) is 0 Å². The number of hydrogen-bond donors (Lipinski definition) is 3. The maximum absolute atomic E-state index is 11.6. The minimum absolute atomic E-state index is 0. The number of imide groups is 1. The van der Waals surface area contributed by atoms with E-state index in [1.165, 1.54) is 43.5 Å². The molecule has 0 aromatic carbocycles. The molecule has 3 amide bonds. The first kappa shape index (κ1) is 23.2. The number of aliphatic imine (C=N–C) groups is 1. The van der Waals surface area contributed by atoms with Gasteiger partial charge in [-0.15, -0.1) is 24.0 Å². The first-order chi connectivity index (χ1) is 13.2. The summed E-state index contributed by atoms with van der Waals surface area (Å²) < 4.78 is 0. The van der Waals surface area contributed by atoms with Crippen molar-refractivity contribution in [3.63, 3.8) is 0 Å². The number of nitrogens with one attached hydrogen (secondary N) is 3. The van der Waals surface area contributed by atoms with Gasteiger partial charge in [0.15, 0.2) is 5.96 Å². The number of rotatable bonds is 6. The van der Waals surface area contributed by atoms with Gasteiger partial charge in [-0.1, -0.05) is 19.3 Å². The summed E-state index contributed by atoms with van der Waals surface area (Å²) in [6, 6.07) is 0.116. The number of urea groups is 1. The zero-order valence-electron chi connectivity index (χ0n) is 16.9. The zero-order valence-corrected chi connectivity index (χ0v) is 19.2. The van der Waals surface area contributed by atoms with E-state index in [9.17, 15) is 9.59 Å². The van der Waals surface area contributed by atoms with Crippen LogP contribution in [0.4, 0.5) is 4.79 Å². The summed E-state index contributed by atoms with van der Waals surface area (Å²) in [6.45, 7) is 4.52. The van der Waals surface area contributed by atoms with E-state index in [0.29, 0.717) is 19.1 Å². The van der Waals surface area contributed by atoms with Crippen LogP contribution in [0, 0.1) is 5.92 Å². The van der Waals surface area contributed by atoms with Gasteiger partial charge in [-0.05, 0) is 31.6 Å². The van der Waals surface area contributed by atoms with Gasteiger partial charge >= 0.3 is 6.03 Å². The summed E-state index contributed by atoms with van der Waals surface area (Å²) in [5, 5.41) is 9.23. The SMILES string of the molecule is CN=C(NCCN1C(=O)CNC1=O)NC1CCN(CC2CCCCC2)CC1.I. The fourth-order valence-electron chi connectivity index (χ4n) is 4.35. The van der Waals surface area contributed by atoms with Crippen molar-refractivity contribution < 1.29 is 9.59 Å². The van der Waals surface area contributed by atoms with Crippen LogP contribution in [-0.2, 0) is 4.79 Å². The van der Waals surface area contributed by atoms with Crippen LogP contribution in [0.5, 0.6) is 0 Å². The minimum atomic E-state index is -0.310. The second-order valence-corrected chi connectivity index (χ2v) is 7.93. The largest absolute Gasteiger partial charge is 0.355 e. The Labute approximate surface area is 185 Å². The second-order valence-electron chi connectivity index (χ2n) is 7.93. The summed E-state index contributed by atoms with van der Waals surface area (Å²) in [4.78, 5) is 31.3. The van der Waals surface area contributed by atoms with Crippen LogP contribution < -0.4 is 16.0 Å². The lowest BCUT2D eigenvalue weighted by Crippen LogP contribution is -2.50. The van der Waals surface area contributed by atoms with Gasteiger partial charge in [-0.2, -0.15) is 0 Å². The van der Waals surface area contributed by atoms with E-state index < -0.39 is 0 Å². The van der Waals surface area contributed by atoms with E-state index in [0.717, 1.165) is 37.8 Å². The van der Waals surface area contributed by atoms with Crippen molar-refractivity contribution in [3.8, 4) is 0 Å². The third-order valence-electron chi connectivity index (χ3n) is 5.96. The van der Waals surface area contributed by atoms with E-state index >= 15 is 0 Å². The fraction of sp³-hybridized carbons (Fsp3) is 0.842. The third-order valence-corrected chi connectivity index (χ3v) is 5.96. The van der Waals surface area contributed by atoms with Crippen LogP contribution in [-0.4, -0.2) is 80.1 Å². The summed E-state index contributed by atoms with van der Waals surface area (Å²) in [6.07, 6.45) is 9.31. The second kappa shape index (κ2) is 11.8. The van der Waals surface area contributed by atoms with E-state index in [2.05, 4.69) is 25.8 Å². The van der Waals surface area contributed by atoms with E-state index in [1.807, 2.05) is 0 Å². The lowest BCUT2D eigenvalue weighted by atomic mass is 9.88. The monoisotopic (exact) mass is 506 g/mol. The molecule has 28 heavy (non-hydrogen) atoms. The quantitative estimate of drug-likeness (QED) is 0.219. The molecule has 0 atom stereocenters. The smallest absolute Gasteiger partial charge is 0.324 e. The lowest BCUT2D eigenvalue weighted by Gasteiger charge is -2.36. The molecule has 0 aromatic heterocycles. The highest BCUT2D eigenvalue weighted by Crippen LogP contribution is 2.25. The highest BCUT2D eigenvalue weighted by atomic mass is 127. The van der Waals surface area contributed by atoms with Crippen molar-refractivity contribution in [1.82, 2.24) is 25.8 Å². The molecule has 2 aliphatic heterocycles. The number of hydrogen-bond acceptors (Lipinski definition) is 4. The Morgan fingerprint density at radius 1 is 1.14 bits per heavy atom. The van der Waals surface area contributed by atoms with Gasteiger partial charge in [0.05, 0.1) is 6.54 Å². The van der Waals surface area contributed by atoms with Crippen LogP contribution >= 0.6 is 24.0 Å². The molecule has 1 aliphatic carbocycles. The molecular weight excluding hydrogens is 471 g/mol. The minimum Gasteiger partial charge on any atom is -0.355 e. The summed E-state index contributed by atoms with van der Waals surface area (Å²) in [5.41, 5.74) is 0. The molecule has 0 radical (unpaired) electrons. The van der Waals surface area contributed by atoms with Crippen molar-refractivity contribution >= 4 is 41.9 Å². The van der Waals surface area contributed by atoms with E-state index in [-0.39, 0.29) is 42.5 Å². The molecule has 2 saturated heterocycles. The predicted molar refractivity (Wildman–Crippen MR) is 121 cm³/mol. The molecule has 0 spiro atoms. The zero-order chi connectivity index (χ0) is 19.1. The fourth-order valence-corrected chi connectivity index (χ4v) is 4.35. The highest BCUT2D eigenvalue weighted by Gasteiger charge is 2.28. The van der Waals surface area contributed by atoms with Crippen molar-refractivity contribution in [1.29, 1.82) is 0 Å². The Hall–Kier alpha value is -1.10. The molecule has 2 heterocycles. The first-order valence-electron chi connectivity index (χ1n) is 10.4. The van der Waals surface area contributed by atoms with Crippen molar-refractivity contribution in [3.05, 3.63) is 0 Å². The van der Waals surface area contributed by atoms with Gasteiger partial charge in [0.2, 0.25) is 5.91 Å². The van der Waals surface area contributed by atoms with Crippen molar-refractivity contribution in [2.24, 2.45) is 10.9 Å². The maximum Gasteiger partial charge on any atom is 0.324 e. The normalized spacial score (nSPS) is 22.8. The standard InChI is InChI=1S/C19H34N6O2.HI/c1-20-18(21-9-12-25-17(26)13-22-19(25)27)23-16-7-10-24(11-8-16)14-15-5-3-2-4-6-15;/h15-16H,2-14H2,1H3,(H,22,27)(H2,20,21,23);1H. The molecule has 160 valence electrons. The molecule has 0 bridgehead atoms. The van der Waals surface area contributed by atoms with Gasteiger partial charge in [-0.3, -0.25) is 14.7 Å². The number of piperidine rings is 1. The maximum atomic E-state index is 11.6. The number of amides is 3. The van der Waals surface area contributed by atoms with Crippen molar-refractivity contribution in [2.45, 2.75) is 51.0 Å². The van der Waals surface area contributed by atoms with Gasteiger partial charge in [0.1, 0.15) is 0 Å². The molecular formula is C19H35IN6O2. The number of guanidine groups is 1. The number of likely N-dealkylation sites (tertiary alicyclic amines) is 1. The van der Waals surface area contributed by atoms with Crippen LogP contribution in [0.3, 0.4) is 0 Å². The topological polar surface area (TPSA) is 89.1 Å². The Morgan fingerprint density at radius 2 is 1.86 bits per heavy atom. The average molecular weight is 506 g/mol. The van der Waals surface area contributed by atoms with Crippen LogP contribution in [0.1, 0.15) is 44.9 Å². The third kappa shape index (κ3) is 6.75. The predicted octanol–water partition coefficient (Wildman–Crippen LogP) is 1.37. The van der Waals surface area contributed by atoms with Crippen LogP contribution in [0.25, 0.3) is 0 Å².